The standard InChI is InChI=1S/C54H54BN3/c1-35-29-36(2)48-45(30-35)57(54(6)28-18-16-26-52(48,54)4)40-33-46-49-47(34-40)58-50-41(51(3)25-15-17-27-53(51,58)5)31-38(37-19-9-7-10-20-37)32-43(50)55(49)42-23-13-14-24-44(42)56(46)39-21-11-8-12-22-39/h7-14,19-24,29-34H,15-18,25-28H2,1-6H3. The number of para-hydroxylation sites is 2. The van der Waals surface area contributed by atoms with Crippen molar-refractivity contribution in [1.82, 2.24) is 0 Å². The monoisotopic (exact) mass is 755 g/mol. The van der Waals surface area contributed by atoms with Crippen molar-refractivity contribution < 1.29 is 0 Å². The van der Waals surface area contributed by atoms with Crippen molar-refractivity contribution in [3.8, 4) is 11.1 Å². The molecule has 0 spiro atoms. The van der Waals surface area contributed by atoms with Gasteiger partial charge in [0.15, 0.2) is 0 Å². The van der Waals surface area contributed by atoms with Gasteiger partial charge in [-0.1, -0.05) is 118 Å². The summed E-state index contributed by atoms with van der Waals surface area (Å²) in [6.07, 6.45) is 9.89. The average molecular weight is 756 g/mol. The maximum Gasteiger partial charge on any atom is 0.252 e. The SMILES string of the molecule is Cc1cc(C)c2c(c1)N(c1cc3c4c(c1)N1c5c(cc(-c6ccccc6)cc5C5(C)CCCCC15C)B4c1ccccc1N3c1ccccc1)C1(C)CCCCC21C. The van der Waals surface area contributed by atoms with Crippen molar-refractivity contribution in [2.45, 2.75) is 115 Å². The fraction of sp³-hybridized carbons (Fsp3) is 0.333. The highest BCUT2D eigenvalue weighted by atomic mass is 15.3. The zero-order valence-corrected chi connectivity index (χ0v) is 35.1. The van der Waals surface area contributed by atoms with Gasteiger partial charge in [-0.2, -0.15) is 0 Å². The first-order chi connectivity index (χ1) is 28.1. The molecular weight excluding hydrogens is 701 g/mol. The molecule has 4 heterocycles. The molecule has 0 bridgehead atoms. The Morgan fingerprint density at radius 2 is 1.14 bits per heavy atom. The summed E-state index contributed by atoms with van der Waals surface area (Å²) in [6.45, 7) is 15.2. The van der Waals surface area contributed by atoms with E-state index in [1.165, 1.54) is 130 Å². The van der Waals surface area contributed by atoms with Gasteiger partial charge in [-0.3, -0.25) is 0 Å². The molecule has 288 valence electrons. The highest BCUT2D eigenvalue weighted by Gasteiger charge is 2.63. The maximum atomic E-state index is 2.92. The number of fused-ring (bicyclic) bond motifs is 10. The van der Waals surface area contributed by atoms with Crippen LogP contribution < -0.4 is 31.1 Å². The Morgan fingerprint density at radius 1 is 0.500 bits per heavy atom. The third-order valence-corrected chi connectivity index (χ3v) is 16.8. The van der Waals surface area contributed by atoms with Crippen molar-refractivity contribution in [3.63, 3.8) is 0 Å². The van der Waals surface area contributed by atoms with Crippen molar-refractivity contribution >= 4 is 62.9 Å². The maximum absolute atomic E-state index is 2.92. The molecule has 2 fully saturated rings. The molecule has 2 saturated carbocycles. The molecule has 6 aliphatic rings. The molecule has 3 nitrogen and oxygen atoms in total. The molecule has 4 atom stereocenters. The van der Waals surface area contributed by atoms with E-state index in [9.17, 15) is 0 Å². The Kier molecular flexibility index (Phi) is 7.03. The molecule has 4 unspecified atom stereocenters. The molecule has 6 aromatic carbocycles. The summed E-state index contributed by atoms with van der Waals surface area (Å²) >= 11 is 0. The molecule has 4 aliphatic heterocycles. The van der Waals surface area contributed by atoms with E-state index in [2.05, 4.69) is 178 Å². The summed E-state index contributed by atoms with van der Waals surface area (Å²) in [4.78, 5) is 8.38. The lowest BCUT2D eigenvalue weighted by molar-refractivity contribution is 0.193. The molecule has 0 radical (unpaired) electrons. The minimum Gasteiger partial charge on any atom is -0.335 e. The van der Waals surface area contributed by atoms with Crippen LogP contribution in [-0.4, -0.2) is 17.8 Å². The average Bonchev–Trinajstić information content (AvgIpc) is 3.57. The fourth-order valence-corrected chi connectivity index (χ4v) is 13.8. The number of benzene rings is 6. The van der Waals surface area contributed by atoms with E-state index in [1.54, 1.807) is 11.1 Å². The van der Waals surface area contributed by atoms with Gasteiger partial charge in [0.1, 0.15) is 0 Å². The van der Waals surface area contributed by atoms with Crippen LogP contribution in [0.5, 0.6) is 0 Å². The van der Waals surface area contributed by atoms with E-state index in [4.69, 9.17) is 0 Å². The first kappa shape index (κ1) is 34.8. The number of aryl methyl sites for hydroxylation is 2. The molecule has 12 rings (SSSR count). The van der Waals surface area contributed by atoms with Gasteiger partial charge in [0.25, 0.3) is 6.71 Å². The van der Waals surface area contributed by atoms with Crippen molar-refractivity contribution in [2.75, 3.05) is 14.7 Å². The van der Waals surface area contributed by atoms with Crippen molar-refractivity contribution in [2.24, 2.45) is 0 Å². The second-order valence-electron chi connectivity index (χ2n) is 19.7. The molecule has 0 saturated heterocycles. The van der Waals surface area contributed by atoms with E-state index in [0.29, 0.717) is 0 Å². The summed E-state index contributed by atoms with van der Waals surface area (Å²) in [5.41, 5.74) is 22.4. The fourth-order valence-electron chi connectivity index (χ4n) is 13.8. The molecule has 0 N–H and O–H groups in total. The van der Waals surface area contributed by atoms with E-state index in [1.807, 2.05) is 0 Å². The molecule has 0 amide bonds. The second-order valence-corrected chi connectivity index (χ2v) is 19.7. The van der Waals surface area contributed by atoms with Crippen LogP contribution in [0.2, 0.25) is 0 Å². The Morgan fingerprint density at radius 3 is 1.90 bits per heavy atom. The quantitative estimate of drug-likeness (QED) is 0.166. The highest BCUT2D eigenvalue weighted by Crippen LogP contribution is 2.65. The summed E-state index contributed by atoms with van der Waals surface area (Å²) in [5, 5.41) is 0. The Bertz CT molecular complexity index is 2710. The van der Waals surface area contributed by atoms with Gasteiger partial charge in [-0.15, -0.1) is 0 Å². The predicted octanol–water partition coefficient (Wildman–Crippen LogP) is 12.1. The van der Waals surface area contributed by atoms with E-state index in [-0.39, 0.29) is 28.6 Å². The number of hydrogen-bond donors (Lipinski definition) is 0. The van der Waals surface area contributed by atoms with Crippen LogP contribution in [0, 0.1) is 13.8 Å². The van der Waals surface area contributed by atoms with Crippen LogP contribution in [0.25, 0.3) is 11.1 Å². The number of anilines is 7. The van der Waals surface area contributed by atoms with Crippen LogP contribution in [-0.2, 0) is 10.8 Å². The Hall–Kier alpha value is -5.22. The molecule has 4 heteroatoms. The van der Waals surface area contributed by atoms with Crippen molar-refractivity contribution in [1.29, 1.82) is 0 Å². The minimum atomic E-state index is -0.0666. The van der Waals surface area contributed by atoms with Gasteiger partial charge in [0.05, 0.1) is 11.1 Å². The number of nitrogens with zero attached hydrogens (tertiary/aromatic N) is 3. The van der Waals surface area contributed by atoms with Crippen LogP contribution in [0.15, 0.2) is 121 Å². The molecule has 0 aromatic heterocycles. The van der Waals surface area contributed by atoms with Crippen LogP contribution in [0.4, 0.5) is 39.8 Å². The number of rotatable bonds is 3. The highest BCUT2D eigenvalue weighted by molar-refractivity contribution is 7.00. The Balaban J connectivity index is 1.22. The summed E-state index contributed by atoms with van der Waals surface area (Å²) in [6, 6.07) is 47.1. The van der Waals surface area contributed by atoms with Gasteiger partial charge >= 0.3 is 0 Å². The zero-order valence-electron chi connectivity index (χ0n) is 35.1. The molecule has 6 aromatic rings. The summed E-state index contributed by atoms with van der Waals surface area (Å²) in [7, 11) is 0. The van der Waals surface area contributed by atoms with Crippen LogP contribution in [0.1, 0.15) is 101 Å². The Labute approximate surface area is 345 Å². The van der Waals surface area contributed by atoms with E-state index in [0.717, 1.165) is 0 Å². The largest absolute Gasteiger partial charge is 0.335 e. The summed E-state index contributed by atoms with van der Waals surface area (Å²) in [5.74, 6) is 0. The first-order valence-corrected chi connectivity index (χ1v) is 22.2. The summed E-state index contributed by atoms with van der Waals surface area (Å²) < 4.78 is 0. The van der Waals surface area contributed by atoms with Gasteiger partial charge in [0, 0.05) is 50.6 Å². The van der Waals surface area contributed by atoms with E-state index >= 15 is 0 Å². The van der Waals surface area contributed by atoms with Gasteiger partial charge in [0.2, 0.25) is 0 Å². The molecular formula is C54H54BN3. The van der Waals surface area contributed by atoms with Crippen molar-refractivity contribution in [3.05, 3.63) is 144 Å². The van der Waals surface area contributed by atoms with E-state index < -0.39 is 0 Å². The number of hydrogen-bond acceptors (Lipinski definition) is 3. The normalized spacial score (nSPS) is 27.1. The third-order valence-electron chi connectivity index (χ3n) is 16.8. The molecule has 58 heavy (non-hydrogen) atoms. The van der Waals surface area contributed by atoms with Gasteiger partial charge < -0.3 is 14.7 Å². The van der Waals surface area contributed by atoms with Gasteiger partial charge in [-0.25, -0.2) is 0 Å². The second kappa shape index (κ2) is 11.7. The van der Waals surface area contributed by atoms with Gasteiger partial charge in [-0.05, 0) is 146 Å². The minimum absolute atomic E-state index is 0.0114. The lowest BCUT2D eigenvalue weighted by atomic mass is 9.33. The smallest absolute Gasteiger partial charge is 0.252 e. The first-order valence-electron chi connectivity index (χ1n) is 22.2. The predicted molar refractivity (Wildman–Crippen MR) is 246 cm³/mol. The molecule has 2 aliphatic carbocycles. The van der Waals surface area contributed by atoms with Crippen LogP contribution >= 0.6 is 0 Å². The van der Waals surface area contributed by atoms with Crippen LogP contribution in [0.3, 0.4) is 0 Å². The zero-order chi connectivity index (χ0) is 39.3. The topological polar surface area (TPSA) is 9.72 Å². The lowest BCUT2D eigenvalue weighted by Crippen LogP contribution is -2.64. The lowest BCUT2D eigenvalue weighted by Gasteiger charge is -2.53. The third kappa shape index (κ3) is 4.17.